The van der Waals surface area contributed by atoms with Gasteiger partial charge in [-0.05, 0) is 6.42 Å². The molecule has 1 N–H and O–H groups in total. The van der Waals surface area contributed by atoms with Crippen LogP contribution in [0.3, 0.4) is 0 Å². The van der Waals surface area contributed by atoms with Gasteiger partial charge in [0, 0.05) is 13.7 Å². The first-order valence-corrected chi connectivity index (χ1v) is 4.67. The molecule has 0 aromatic carbocycles. The molecule has 0 radical (unpaired) electrons. The number of ether oxygens (including phenoxy) is 2. The average Bonchev–Trinajstić information content (AvgIpc) is 2.43. The van der Waals surface area contributed by atoms with Crippen molar-refractivity contribution in [1.29, 1.82) is 0 Å². The lowest BCUT2D eigenvalue weighted by atomic mass is 9.72. The summed E-state index contributed by atoms with van der Waals surface area (Å²) in [4.78, 5) is 0. The molecule has 1 unspecified atom stereocenters. The van der Waals surface area contributed by atoms with E-state index < -0.39 is 12.3 Å². The van der Waals surface area contributed by atoms with Gasteiger partial charge in [-0.25, -0.2) is 4.39 Å². The van der Waals surface area contributed by atoms with E-state index in [-0.39, 0.29) is 18.7 Å². The normalized spacial score (nSPS) is 39.4. The van der Waals surface area contributed by atoms with E-state index in [1.165, 1.54) is 7.11 Å². The van der Waals surface area contributed by atoms with Crippen LogP contribution in [0, 0.1) is 0 Å². The molecule has 0 saturated carbocycles. The summed E-state index contributed by atoms with van der Waals surface area (Å²) in [5, 5.41) is 8.73. The fourth-order valence-electron chi connectivity index (χ4n) is 1.76. The van der Waals surface area contributed by atoms with E-state index in [0.29, 0.717) is 13.7 Å². The summed E-state index contributed by atoms with van der Waals surface area (Å²) >= 11 is 0. The standard InChI is InChI=1S/C8H16BFO3/c1-9-8-6(10)7(12-2)5(13-8)3-4-11/h5-9,11H,3-4H2,1-2H3/t5-,6-,7?,8-/m1/s1. The molecule has 4 atom stereocenters. The van der Waals surface area contributed by atoms with Crippen LogP contribution in [0.2, 0.25) is 6.82 Å². The summed E-state index contributed by atoms with van der Waals surface area (Å²) in [6.07, 6.45) is -1.44. The van der Waals surface area contributed by atoms with Crippen LogP contribution < -0.4 is 0 Å². The highest BCUT2D eigenvalue weighted by atomic mass is 19.1. The number of hydrogen-bond donors (Lipinski definition) is 1. The van der Waals surface area contributed by atoms with Gasteiger partial charge < -0.3 is 14.6 Å². The Morgan fingerprint density at radius 3 is 2.77 bits per heavy atom. The lowest BCUT2D eigenvalue weighted by Crippen LogP contribution is -2.32. The lowest BCUT2D eigenvalue weighted by Gasteiger charge is -2.16. The summed E-state index contributed by atoms with van der Waals surface area (Å²) in [5.74, 6) is 0. The van der Waals surface area contributed by atoms with Crippen LogP contribution in [0.1, 0.15) is 6.42 Å². The first-order valence-electron chi connectivity index (χ1n) is 4.67. The maximum absolute atomic E-state index is 13.5. The van der Waals surface area contributed by atoms with Gasteiger partial charge in [-0.1, -0.05) is 6.82 Å². The number of rotatable bonds is 4. The number of aliphatic hydroxyl groups is 1. The second-order valence-electron chi connectivity index (χ2n) is 3.28. The van der Waals surface area contributed by atoms with Crippen molar-refractivity contribution in [2.24, 2.45) is 0 Å². The molecule has 3 nitrogen and oxygen atoms in total. The molecule has 1 saturated heterocycles. The zero-order chi connectivity index (χ0) is 9.84. The SMILES string of the molecule is CB[C@@H]1O[C@H](CCO)C(OC)[C@H]1F. The molecule has 0 aliphatic carbocycles. The van der Waals surface area contributed by atoms with E-state index in [1.54, 1.807) is 0 Å². The molecule has 0 spiro atoms. The smallest absolute Gasteiger partial charge is 0.158 e. The van der Waals surface area contributed by atoms with Gasteiger partial charge in [0.15, 0.2) is 7.28 Å². The number of hydrogen-bond acceptors (Lipinski definition) is 3. The van der Waals surface area contributed by atoms with Crippen molar-refractivity contribution in [2.75, 3.05) is 13.7 Å². The quantitative estimate of drug-likeness (QED) is 0.630. The van der Waals surface area contributed by atoms with Crippen molar-refractivity contribution in [3.8, 4) is 0 Å². The Bertz CT molecular complexity index is 158. The van der Waals surface area contributed by atoms with E-state index in [1.807, 2.05) is 6.82 Å². The third kappa shape index (κ3) is 2.21. The van der Waals surface area contributed by atoms with Gasteiger partial charge in [-0.15, -0.1) is 0 Å². The number of methoxy groups -OCH3 is 1. The predicted octanol–water partition coefficient (Wildman–Crippen LogP) is -0.0686. The molecule has 1 rings (SSSR count). The summed E-state index contributed by atoms with van der Waals surface area (Å²) in [6, 6.07) is -0.374. The van der Waals surface area contributed by atoms with Crippen molar-refractivity contribution < 1.29 is 19.0 Å². The Balaban J connectivity index is 2.55. The van der Waals surface area contributed by atoms with E-state index >= 15 is 0 Å². The highest BCUT2D eigenvalue weighted by molar-refractivity contribution is 6.35. The molecule has 0 amide bonds. The topological polar surface area (TPSA) is 38.7 Å². The van der Waals surface area contributed by atoms with E-state index in [4.69, 9.17) is 14.6 Å². The average molecular weight is 190 g/mol. The van der Waals surface area contributed by atoms with Gasteiger partial charge in [0.05, 0.1) is 12.1 Å². The van der Waals surface area contributed by atoms with Crippen molar-refractivity contribution in [3.05, 3.63) is 0 Å². The molecule has 1 heterocycles. The second kappa shape index (κ2) is 4.93. The Morgan fingerprint density at radius 1 is 1.62 bits per heavy atom. The van der Waals surface area contributed by atoms with Crippen molar-refractivity contribution in [3.63, 3.8) is 0 Å². The van der Waals surface area contributed by atoms with Crippen LogP contribution in [0.5, 0.6) is 0 Å². The van der Waals surface area contributed by atoms with Gasteiger partial charge >= 0.3 is 0 Å². The molecule has 1 aliphatic heterocycles. The van der Waals surface area contributed by atoms with Gasteiger partial charge in [-0.2, -0.15) is 0 Å². The largest absolute Gasteiger partial charge is 0.396 e. The Kier molecular flexibility index (Phi) is 4.16. The van der Waals surface area contributed by atoms with Gasteiger partial charge in [0.1, 0.15) is 12.3 Å². The predicted molar refractivity (Wildman–Crippen MR) is 49.1 cm³/mol. The van der Waals surface area contributed by atoms with Gasteiger partial charge in [0.25, 0.3) is 0 Å². The summed E-state index contributed by atoms with van der Waals surface area (Å²) in [7, 11) is 2.12. The molecule has 13 heavy (non-hydrogen) atoms. The van der Waals surface area contributed by atoms with E-state index in [9.17, 15) is 4.39 Å². The fourth-order valence-corrected chi connectivity index (χ4v) is 1.76. The molecule has 0 aromatic heterocycles. The van der Waals surface area contributed by atoms with Crippen LogP contribution in [0.15, 0.2) is 0 Å². The third-order valence-corrected chi connectivity index (χ3v) is 2.47. The fraction of sp³-hybridized carbons (Fsp3) is 1.00. The van der Waals surface area contributed by atoms with Crippen molar-refractivity contribution in [2.45, 2.75) is 37.6 Å². The van der Waals surface area contributed by atoms with E-state index in [0.717, 1.165) is 0 Å². The molecular formula is C8H16BFO3. The molecule has 1 fully saturated rings. The van der Waals surface area contributed by atoms with Crippen LogP contribution >= 0.6 is 0 Å². The Hall–Kier alpha value is -0.125. The van der Waals surface area contributed by atoms with Crippen LogP contribution in [0.4, 0.5) is 4.39 Å². The molecule has 1 aliphatic rings. The Morgan fingerprint density at radius 2 is 2.31 bits per heavy atom. The molecule has 0 bridgehead atoms. The molecule has 0 aromatic rings. The Labute approximate surface area is 78.5 Å². The number of alkyl halides is 1. The lowest BCUT2D eigenvalue weighted by molar-refractivity contribution is -0.00862. The second-order valence-corrected chi connectivity index (χ2v) is 3.28. The third-order valence-electron chi connectivity index (χ3n) is 2.47. The first-order chi connectivity index (χ1) is 6.24. The first kappa shape index (κ1) is 11.0. The number of halogens is 1. The van der Waals surface area contributed by atoms with Crippen LogP contribution in [0.25, 0.3) is 0 Å². The zero-order valence-corrected chi connectivity index (χ0v) is 8.07. The van der Waals surface area contributed by atoms with Crippen molar-refractivity contribution >= 4 is 7.28 Å². The number of aliphatic hydroxyl groups excluding tert-OH is 1. The molecular weight excluding hydrogens is 174 g/mol. The molecule has 76 valence electrons. The maximum atomic E-state index is 13.5. The maximum Gasteiger partial charge on any atom is 0.158 e. The van der Waals surface area contributed by atoms with E-state index in [2.05, 4.69) is 0 Å². The minimum atomic E-state index is -1.06. The van der Waals surface area contributed by atoms with Gasteiger partial charge in [0.2, 0.25) is 0 Å². The summed E-state index contributed by atoms with van der Waals surface area (Å²) < 4.78 is 23.9. The van der Waals surface area contributed by atoms with Crippen molar-refractivity contribution in [1.82, 2.24) is 0 Å². The van der Waals surface area contributed by atoms with Gasteiger partial charge in [-0.3, -0.25) is 0 Å². The minimum absolute atomic E-state index is 0.00762. The molecule has 5 heteroatoms. The summed E-state index contributed by atoms with van der Waals surface area (Å²) in [6.45, 7) is 1.89. The van der Waals surface area contributed by atoms with Crippen LogP contribution in [-0.4, -0.2) is 50.5 Å². The zero-order valence-electron chi connectivity index (χ0n) is 8.07. The summed E-state index contributed by atoms with van der Waals surface area (Å²) in [5.41, 5.74) is 0. The highest BCUT2D eigenvalue weighted by Crippen LogP contribution is 2.27. The van der Waals surface area contributed by atoms with Crippen LogP contribution in [-0.2, 0) is 9.47 Å². The monoisotopic (exact) mass is 190 g/mol. The highest BCUT2D eigenvalue weighted by Gasteiger charge is 2.43. The minimum Gasteiger partial charge on any atom is -0.396 e.